The van der Waals surface area contributed by atoms with Gasteiger partial charge in [-0.05, 0) is 83.5 Å². The van der Waals surface area contributed by atoms with E-state index in [0.29, 0.717) is 19.4 Å². The first kappa shape index (κ1) is 50.8. The van der Waals surface area contributed by atoms with Crippen LogP contribution in [-0.4, -0.2) is 47.4 Å². The summed E-state index contributed by atoms with van der Waals surface area (Å²) in [4.78, 5) is 24.3. The minimum atomic E-state index is -0.857. The van der Waals surface area contributed by atoms with Crippen LogP contribution < -0.4 is 5.32 Å². The summed E-state index contributed by atoms with van der Waals surface area (Å²) in [6.07, 6.45) is 51.0. The number of aliphatic hydroxyl groups excluding tert-OH is 2. The highest BCUT2D eigenvalue weighted by Crippen LogP contribution is 2.12. The molecule has 0 aromatic carbocycles. The van der Waals surface area contributed by atoms with E-state index in [4.69, 9.17) is 4.74 Å². The fourth-order valence-electron chi connectivity index (χ4n) is 6.31. The van der Waals surface area contributed by atoms with E-state index in [1.165, 1.54) is 109 Å². The molecule has 2 unspecified atom stereocenters. The number of aliphatic hydroxyl groups is 2. The minimum Gasteiger partial charge on any atom is -0.466 e. The van der Waals surface area contributed by atoms with Gasteiger partial charge in [-0.1, -0.05) is 165 Å². The second-order valence-corrected chi connectivity index (χ2v) is 15.0. The number of esters is 1. The van der Waals surface area contributed by atoms with Crippen LogP contribution in [0.3, 0.4) is 0 Å². The summed E-state index contributed by atoms with van der Waals surface area (Å²) in [5.74, 6) is -0.131. The smallest absolute Gasteiger partial charge is 0.305 e. The van der Waals surface area contributed by atoms with E-state index in [1.807, 2.05) is 6.08 Å². The molecule has 0 aliphatic heterocycles. The van der Waals surface area contributed by atoms with Gasteiger partial charge in [0.05, 0.1) is 25.4 Å². The maximum atomic E-state index is 12.3. The highest BCUT2D eigenvalue weighted by molar-refractivity contribution is 5.76. The van der Waals surface area contributed by atoms with Crippen LogP contribution in [-0.2, 0) is 14.3 Å². The zero-order valence-electron chi connectivity index (χ0n) is 34.7. The van der Waals surface area contributed by atoms with Gasteiger partial charge < -0.3 is 20.3 Å². The summed E-state index contributed by atoms with van der Waals surface area (Å²) >= 11 is 0. The Labute approximate surface area is 327 Å². The van der Waals surface area contributed by atoms with E-state index in [1.54, 1.807) is 6.08 Å². The van der Waals surface area contributed by atoms with Gasteiger partial charge in [0.2, 0.25) is 5.91 Å². The molecule has 0 aliphatic carbocycles. The van der Waals surface area contributed by atoms with Crippen LogP contribution >= 0.6 is 0 Å². The Hall–Kier alpha value is -2.18. The molecule has 6 nitrogen and oxygen atoms in total. The zero-order chi connectivity index (χ0) is 38.7. The number of carbonyl (C=O) groups excluding carboxylic acids is 2. The number of nitrogens with one attached hydrogen (secondary N) is 1. The predicted molar refractivity (Wildman–Crippen MR) is 227 cm³/mol. The first-order chi connectivity index (χ1) is 26.0. The van der Waals surface area contributed by atoms with E-state index in [0.717, 1.165) is 77.0 Å². The van der Waals surface area contributed by atoms with Crippen LogP contribution in [0.5, 0.6) is 0 Å². The molecule has 2 atom stereocenters. The minimum absolute atomic E-state index is 0.0356. The number of rotatable bonds is 40. The van der Waals surface area contributed by atoms with Crippen molar-refractivity contribution in [3.63, 3.8) is 0 Å². The van der Waals surface area contributed by atoms with E-state index in [-0.39, 0.29) is 18.5 Å². The van der Waals surface area contributed by atoms with Crippen molar-refractivity contribution in [2.24, 2.45) is 0 Å². The van der Waals surface area contributed by atoms with Crippen LogP contribution in [0.2, 0.25) is 0 Å². The van der Waals surface area contributed by atoms with Gasteiger partial charge in [-0.25, -0.2) is 0 Å². The molecule has 53 heavy (non-hydrogen) atoms. The quantitative estimate of drug-likeness (QED) is 0.0251. The number of unbranched alkanes of at least 4 members (excludes halogenated alkanes) is 24. The molecule has 0 radical (unpaired) electrons. The largest absolute Gasteiger partial charge is 0.466 e. The molecule has 0 saturated carbocycles. The van der Waals surface area contributed by atoms with Gasteiger partial charge in [-0.15, -0.1) is 0 Å². The lowest BCUT2D eigenvalue weighted by Crippen LogP contribution is -2.45. The molecule has 0 saturated heterocycles. The van der Waals surface area contributed by atoms with Crippen molar-refractivity contribution in [3.8, 4) is 0 Å². The van der Waals surface area contributed by atoms with Gasteiger partial charge >= 0.3 is 5.97 Å². The lowest BCUT2D eigenvalue weighted by Gasteiger charge is -2.20. The molecule has 0 aromatic heterocycles. The van der Waals surface area contributed by atoms with Crippen molar-refractivity contribution >= 4 is 11.9 Å². The van der Waals surface area contributed by atoms with Crippen LogP contribution in [0.15, 0.2) is 48.6 Å². The topological polar surface area (TPSA) is 95.9 Å². The van der Waals surface area contributed by atoms with Crippen LogP contribution in [0.1, 0.15) is 213 Å². The first-order valence-electron chi connectivity index (χ1n) is 22.4. The Bertz CT molecular complexity index is 911. The fraction of sp³-hybridized carbons (Fsp3) is 0.787. The Morgan fingerprint density at radius 2 is 0.962 bits per heavy atom. The van der Waals surface area contributed by atoms with Gasteiger partial charge in [0.15, 0.2) is 0 Å². The number of amides is 1. The molecule has 0 heterocycles. The maximum Gasteiger partial charge on any atom is 0.305 e. The van der Waals surface area contributed by atoms with E-state index >= 15 is 0 Å². The van der Waals surface area contributed by atoms with Crippen molar-refractivity contribution in [1.29, 1.82) is 0 Å². The van der Waals surface area contributed by atoms with Crippen LogP contribution in [0.4, 0.5) is 0 Å². The average molecular weight is 744 g/mol. The van der Waals surface area contributed by atoms with E-state index < -0.39 is 12.1 Å². The van der Waals surface area contributed by atoms with Crippen molar-refractivity contribution in [1.82, 2.24) is 5.32 Å². The number of hydrogen-bond donors (Lipinski definition) is 3. The zero-order valence-corrected chi connectivity index (χ0v) is 34.7. The second-order valence-electron chi connectivity index (χ2n) is 15.0. The van der Waals surface area contributed by atoms with E-state index in [9.17, 15) is 19.8 Å². The monoisotopic (exact) mass is 744 g/mol. The molecule has 0 aliphatic rings. The van der Waals surface area contributed by atoms with Gasteiger partial charge in [0, 0.05) is 12.8 Å². The van der Waals surface area contributed by atoms with Gasteiger partial charge in [0.1, 0.15) is 0 Å². The van der Waals surface area contributed by atoms with Crippen LogP contribution in [0.25, 0.3) is 0 Å². The molecule has 308 valence electrons. The maximum absolute atomic E-state index is 12.3. The Kier molecular flexibility index (Phi) is 40.8. The number of hydrogen-bond acceptors (Lipinski definition) is 5. The summed E-state index contributed by atoms with van der Waals surface area (Å²) in [6, 6.07) is -0.643. The van der Waals surface area contributed by atoms with Gasteiger partial charge in [-0.2, -0.15) is 0 Å². The fourth-order valence-corrected chi connectivity index (χ4v) is 6.31. The third-order valence-electron chi connectivity index (χ3n) is 9.84. The Morgan fingerprint density at radius 3 is 1.51 bits per heavy atom. The van der Waals surface area contributed by atoms with Crippen molar-refractivity contribution in [2.75, 3.05) is 13.2 Å². The van der Waals surface area contributed by atoms with Crippen molar-refractivity contribution < 1.29 is 24.5 Å². The lowest BCUT2D eigenvalue weighted by molar-refractivity contribution is -0.143. The summed E-state index contributed by atoms with van der Waals surface area (Å²) in [5, 5.41) is 22.9. The molecule has 0 bridgehead atoms. The normalized spacial score (nSPS) is 13.2. The standard InChI is InChI=1S/C47H85NO5/c1-3-5-7-9-11-13-20-25-29-33-37-41-47(52)53-42-38-34-30-26-22-19-17-15-16-18-21-24-28-32-36-40-46(51)48-44(43-49)45(50)39-35-31-27-23-14-12-10-8-6-4-2/h9,11,15,17,19,22,35,39,44-45,49-50H,3-8,10,12-14,16,18,20-21,23-34,36-38,40-43H2,1-2H3,(H,48,51)/b11-9-,17-15-,22-19-,39-35+. The molecular formula is C47H85NO5. The molecule has 0 aromatic rings. The van der Waals surface area contributed by atoms with Crippen molar-refractivity contribution in [3.05, 3.63) is 48.6 Å². The van der Waals surface area contributed by atoms with Crippen LogP contribution in [0, 0.1) is 0 Å². The third kappa shape index (κ3) is 39.3. The molecule has 1 amide bonds. The molecule has 0 spiro atoms. The predicted octanol–water partition coefficient (Wildman–Crippen LogP) is 12.7. The lowest BCUT2D eigenvalue weighted by atomic mass is 10.1. The summed E-state index contributed by atoms with van der Waals surface area (Å²) < 4.78 is 5.40. The molecule has 6 heteroatoms. The third-order valence-corrected chi connectivity index (χ3v) is 9.84. The molecule has 3 N–H and O–H groups in total. The number of carbonyl (C=O) groups is 2. The summed E-state index contributed by atoms with van der Waals surface area (Å²) in [7, 11) is 0. The number of ether oxygens (including phenoxy) is 1. The highest BCUT2D eigenvalue weighted by Gasteiger charge is 2.18. The molecule has 0 rings (SSSR count). The van der Waals surface area contributed by atoms with Crippen molar-refractivity contribution in [2.45, 2.75) is 225 Å². The van der Waals surface area contributed by atoms with Gasteiger partial charge in [0.25, 0.3) is 0 Å². The van der Waals surface area contributed by atoms with E-state index in [2.05, 4.69) is 55.6 Å². The second kappa shape index (κ2) is 42.6. The Morgan fingerprint density at radius 1 is 0.528 bits per heavy atom. The summed E-state index contributed by atoms with van der Waals surface area (Å²) in [5.41, 5.74) is 0. The first-order valence-corrected chi connectivity index (χ1v) is 22.4. The molecular weight excluding hydrogens is 659 g/mol. The summed E-state index contributed by atoms with van der Waals surface area (Å²) in [6.45, 7) is 4.76. The average Bonchev–Trinajstić information content (AvgIpc) is 3.16. The Balaban J connectivity index is 3.58. The number of allylic oxidation sites excluding steroid dienone is 7. The SMILES string of the molecule is CCCC/C=C\CCCCCCCC(=O)OCCCCC/C=C\C=C/CCCCCCCCC(=O)NC(CO)C(O)/C=C/CCCCCCCCCC. The highest BCUT2D eigenvalue weighted by atomic mass is 16.5. The van der Waals surface area contributed by atoms with Gasteiger partial charge in [-0.3, -0.25) is 9.59 Å². The molecule has 0 fully saturated rings.